The van der Waals surface area contributed by atoms with Gasteiger partial charge in [-0.2, -0.15) is 4.72 Å². The van der Waals surface area contributed by atoms with Crippen molar-refractivity contribution in [2.45, 2.75) is 89.5 Å². The van der Waals surface area contributed by atoms with Crippen molar-refractivity contribution in [3.8, 4) is 0 Å². The van der Waals surface area contributed by atoms with Crippen LogP contribution in [-0.2, 0) is 30.7 Å². The summed E-state index contributed by atoms with van der Waals surface area (Å²) < 4.78 is 41.3. The van der Waals surface area contributed by atoms with Gasteiger partial charge in [-0.25, -0.2) is 18.2 Å². The van der Waals surface area contributed by atoms with Gasteiger partial charge >= 0.3 is 6.16 Å². The van der Waals surface area contributed by atoms with Gasteiger partial charge in [-0.15, -0.1) is 0 Å². The third kappa shape index (κ3) is 8.37. The smallest absolute Gasteiger partial charge is 0.429 e. The second kappa shape index (κ2) is 13.3. The van der Waals surface area contributed by atoms with Crippen molar-refractivity contribution < 1.29 is 27.5 Å². The molecule has 3 heterocycles. The molecular formula is C29H44N6O6S. The molecule has 42 heavy (non-hydrogen) atoms. The van der Waals surface area contributed by atoms with E-state index in [4.69, 9.17) is 9.47 Å². The Bertz CT molecular complexity index is 1330. The molecule has 1 aromatic heterocycles. The third-order valence-electron chi connectivity index (χ3n) is 7.37. The third-order valence-corrected chi connectivity index (χ3v) is 8.89. The number of hydrogen-bond donors (Lipinski definition) is 4. The van der Waals surface area contributed by atoms with Gasteiger partial charge in [0.05, 0.1) is 5.69 Å². The number of benzene rings is 1. The Morgan fingerprint density at radius 3 is 2.71 bits per heavy atom. The van der Waals surface area contributed by atoms with E-state index in [0.717, 1.165) is 12.0 Å². The molecule has 1 saturated heterocycles. The molecule has 2 aromatic rings. The zero-order valence-corrected chi connectivity index (χ0v) is 25.9. The van der Waals surface area contributed by atoms with Gasteiger partial charge in [0.2, 0.25) is 15.9 Å². The lowest BCUT2D eigenvalue weighted by Crippen LogP contribution is -2.55. The fraction of sp³-hybridized carbons (Fsp3) is 0.621. The maximum atomic E-state index is 14.1. The minimum absolute atomic E-state index is 0.118. The Balaban J connectivity index is 1.55. The fourth-order valence-corrected chi connectivity index (χ4v) is 6.75. The number of nitrogens with one attached hydrogen (secondary N) is 4. The zero-order valence-electron chi connectivity index (χ0n) is 25.1. The van der Waals surface area contributed by atoms with E-state index in [1.807, 2.05) is 13.0 Å². The van der Waals surface area contributed by atoms with E-state index in [-0.39, 0.29) is 17.2 Å². The molecule has 1 unspecified atom stereocenters. The van der Waals surface area contributed by atoms with Crippen LogP contribution in [-0.4, -0.2) is 72.9 Å². The zero-order chi connectivity index (χ0) is 30.5. The summed E-state index contributed by atoms with van der Waals surface area (Å²) in [4.78, 5) is 35.3. The lowest BCUT2D eigenvalue weighted by molar-refractivity contribution is -0.152. The summed E-state index contributed by atoms with van der Waals surface area (Å²) in [6, 6.07) is 4.13. The number of para-hydroxylation sites is 1. The van der Waals surface area contributed by atoms with Crippen molar-refractivity contribution in [2.24, 2.45) is 11.8 Å². The SMILES string of the molecule is CC1CNc2c(cccc2S(=O)(=O)N[C@@H](CCCNc2ncc[nH]2)C(=O)N2CC[C@@H](C)C[C@H]2OC(=O)OC(C)(C)C)C1. The number of carbonyl (C=O) groups excluding carboxylic acids is 2. The summed E-state index contributed by atoms with van der Waals surface area (Å²) >= 11 is 0. The van der Waals surface area contributed by atoms with Crippen LogP contribution in [0.5, 0.6) is 0 Å². The molecule has 4 N–H and O–H groups in total. The number of rotatable bonds is 10. The molecular weight excluding hydrogens is 560 g/mol. The molecule has 232 valence electrons. The van der Waals surface area contributed by atoms with Crippen LogP contribution in [0.3, 0.4) is 0 Å². The molecule has 0 saturated carbocycles. The Morgan fingerprint density at radius 1 is 1.21 bits per heavy atom. The Morgan fingerprint density at radius 2 is 2.00 bits per heavy atom. The van der Waals surface area contributed by atoms with E-state index < -0.39 is 40.0 Å². The number of nitrogens with zero attached hydrogens (tertiary/aromatic N) is 2. The van der Waals surface area contributed by atoms with Gasteiger partial charge in [-0.1, -0.05) is 26.0 Å². The highest BCUT2D eigenvalue weighted by molar-refractivity contribution is 7.89. The largest absolute Gasteiger partial charge is 0.510 e. The summed E-state index contributed by atoms with van der Waals surface area (Å²) in [6.07, 6.45) is 4.18. The van der Waals surface area contributed by atoms with Crippen LogP contribution < -0.4 is 15.4 Å². The highest BCUT2D eigenvalue weighted by atomic mass is 32.2. The molecule has 4 rings (SSSR count). The van der Waals surface area contributed by atoms with Gasteiger partial charge in [-0.3, -0.25) is 4.79 Å². The molecule has 0 spiro atoms. The molecule has 2 aliphatic heterocycles. The van der Waals surface area contributed by atoms with Crippen LogP contribution in [0.1, 0.15) is 65.9 Å². The maximum absolute atomic E-state index is 14.1. The van der Waals surface area contributed by atoms with Crippen molar-refractivity contribution in [1.82, 2.24) is 19.6 Å². The number of H-pyrrole nitrogens is 1. The molecule has 1 fully saturated rings. The summed E-state index contributed by atoms with van der Waals surface area (Å²) in [5.74, 6) is 0.732. The van der Waals surface area contributed by atoms with Crippen LogP contribution in [0.2, 0.25) is 0 Å². The fourth-order valence-electron chi connectivity index (χ4n) is 5.30. The van der Waals surface area contributed by atoms with Crippen LogP contribution in [0.15, 0.2) is 35.5 Å². The Kier molecular flexibility index (Phi) is 10.0. The van der Waals surface area contributed by atoms with E-state index >= 15 is 0 Å². The average Bonchev–Trinajstić information content (AvgIpc) is 3.42. The maximum Gasteiger partial charge on any atom is 0.510 e. The lowest BCUT2D eigenvalue weighted by Gasteiger charge is -2.39. The van der Waals surface area contributed by atoms with E-state index in [1.54, 1.807) is 45.3 Å². The predicted octanol–water partition coefficient (Wildman–Crippen LogP) is 4.09. The monoisotopic (exact) mass is 604 g/mol. The summed E-state index contributed by atoms with van der Waals surface area (Å²) in [5.41, 5.74) is 0.746. The number of piperidine rings is 1. The second-order valence-corrected chi connectivity index (χ2v) is 14.0. The number of aromatic nitrogens is 2. The van der Waals surface area contributed by atoms with Gasteiger partial charge in [0.25, 0.3) is 0 Å². The van der Waals surface area contributed by atoms with Crippen molar-refractivity contribution in [3.05, 3.63) is 36.2 Å². The number of aromatic amines is 1. The summed E-state index contributed by atoms with van der Waals surface area (Å²) in [6.45, 7) is 10.8. The van der Waals surface area contributed by atoms with Crippen molar-refractivity contribution in [2.75, 3.05) is 30.3 Å². The van der Waals surface area contributed by atoms with E-state index in [9.17, 15) is 18.0 Å². The average molecular weight is 605 g/mol. The molecule has 0 radical (unpaired) electrons. The van der Waals surface area contributed by atoms with E-state index in [0.29, 0.717) is 56.5 Å². The molecule has 2 aliphatic rings. The van der Waals surface area contributed by atoms with Crippen molar-refractivity contribution in [1.29, 1.82) is 0 Å². The van der Waals surface area contributed by atoms with Gasteiger partial charge in [0, 0.05) is 38.4 Å². The molecule has 4 atom stereocenters. The second-order valence-electron chi connectivity index (χ2n) is 12.4. The first-order valence-electron chi connectivity index (χ1n) is 14.6. The number of anilines is 2. The summed E-state index contributed by atoms with van der Waals surface area (Å²) in [7, 11) is -4.09. The number of hydrogen-bond acceptors (Lipinski definition) is 9. The van der Waals surface area contributed by atoms with Crippen LogP contribution in [0.4, 0.5) is 16.4 Å². The van der Waals surface area contributed by atoms with Gasteiger partial charge in [-0.05, 0) is 69.9 Å². The van der Waals surface area contributed by atoms with E-state index in [1.165, 1.54) is 4.90 Å². The van der Waals surface area contributed by atoms with Gasteiger partial charge in [0.15, 0.2) is 12.2 Å². The molecule has 12 nitrogen and oxygen atoms in total. The standard InChI is InChI=1S/C29H44N6O6S/c1-19-11-15-35(24(17-19)40-28(37)41-29(3,4)5)26(36)22(9-7-12-30-27-31-13-14-32-27)34-42(38,39)23-10-6-8-21-16-20(2)18-33-25(21)23/h6,8,10,13-14,19-20,22,24,33-34H,7,9,11-12,15-18H2,1-5H3,(H2,30,31,32)/t19-,20?,22+,24-/m1/s1. The number of ether oxygens (including phenoxy) is 2. The predicted molar refractivity (Wildman–Crippen MR) is 159 cm³/mol. The minimum atomic E-state index is -4.09. The van der Waals surface area contributed by atoms with Gasteiger partial charge in [0.1, 0.15) is 16.5 Å². The molecule has 1 amide bonds. The van der Waals surface area contributed by atoms with Gasteiger partial charge < -0.3 is 30.0 Å². The highest BCUT2D eigenvalue weighted by Gasteiger charge is 2.38. The number of imidazole rings is 1. The number of fused-ring (bicyclic) bond motifs is 1. The van der Waals surface area contributed by atoms with Crippen LogP contribution in [0.25, 0.3) is 0 Å². The summed E-state index contributed by atoms with van der Waals surface area (Å²) in [5, 5.41) is 6.40. The van der Waals surface area contributed by atoms with Crippen LogP contribution in [0, 0.1) is 11.8 Å². The first-order chi connectivity index (χ1) is 19.8. The molecule has 1 aromatic carbocycles. The van der Waals surface area contributed by atoms with E-state index in [2.05, 4.69) is 32.2 Å². The normalized spacial score (nSPS) is 21.5. The first kappa shape index (κ1) is 31.6. The Hall–Kier alpha value is -3.32. The minimum Gasteiger partial charge on any atom is -0.429 e. The quantitative estimate of drug-likeness (QED) is 0.232. The topological polar surface area (TPSA) is 155 Å². The molecule has 0 aliphatic carbocycles. The number of amides is 1. The number of sulfonamides is 1. The number of likely N-dealkylation sites (tertiary alicyclic amines) is 1. The van der Waals surface area contributed by atoms with Crippen molar-refractivity contribution >= 4 is 33.7 Å². The first-order valence-corrected chi connectivity index (χ1v) is 16.1. The number of carbonyl (C=O) groups is 2. The highest BCUT2D eigenvalue weighted by Crippen LogP contribution is 2.32. The molecule has 0 bridgehead atoms. The lowest BCUT2D eigenvalue weighted by atomic mass is 9.96. The van der Waals surface area contributed by atoms with Crippen molar-refractivity contribution in [3.63, 3.8) is 0 Å². The Labute approximate surface area is 248 Å². The van der Waals surface area contributed by atoms with Crippen LogP contribution >= 0.6 is 0 Å². The molecule has 13 heteroatoms.